The van der Waals surface area contributed by atoms with E-state index < -0.39 is 0 Å². The van der Waals surface area contributed by atoms with Gasteiger partial charge in [-0.25, -0.2) is 0 Å². The van der Waals surface area contributed by atoms with Crippen LogP contribution in [0.4, 0.5) is 0 Å². The summed E-state index contributed by atoms with van der Waals surface area (Å²) in [5.41, 5.74) is 6.42. The molecular weight excluding hydrogens is 236 g/mol. The van der Waals surface area contributed by atoms with Gasteiger partial charge in [0.2, 0.25) is 0 Å². The maximum atomic E-state index is 6.09. The van der Waals surface area contributed by atoms with E-state index in [1.54, 1.807) is 0 Å². The molecule has 1 atom stereocenters. The fraction of sp³-hybridized carbons (Fsp3) is 1.00. The number of rotatable bonds is 4. The van der Waals surface area contributed by atoms with E-state index in [1.807, 2.05) is 0 Å². The Morgan fingerprint density at radius 1 is 1.21 bits per heavy atom. The topological polar surface area (TPSA) is 38.5 Å². The van der Waals surface area contributed by atoms with Crippen LogP contribution in [0.2, 0.25) is 0 Å². The predicted molar refractivity (Wildman–Crippen MR) is 80.2 cm³/mol. The van der Waals surface area contributed by atoms with Crippen LogP contribution < -0.4 is 5.73 Å². The van der Waals surface area contributed by atoms with Gasteiger partial charge in [-0.1, -0.05) is 13.8 Å². The molecule has 2 N–H and O–H groups in total. The van der Waals surface area contributed by atoms with Crippen LogP contribution in [0.3, 0.4) is 0 Å². The van der Waals surface area contributed by atoms with Crippen LogP contribution in [0, 0.1) is 17.3 Å². The molecule has 0 amide bonds. The molecule has 2 aliphatic rings. The summed E-state index contributed by atoms with van der Waals surface area (Å²) >= 11 is 0. The Morgan fingerprint density at radius 2 is 1.95 bits per heavy atom. The van der Waals surface area contributed by atoms with Gasteiger partial charge in [-0.3, -0.25) is 0 Å². The molecule has 0 spiro atoms. The number of nitrogens with two attached hydrogens (primary N) is 1. The molecule has 2 saturated heterocycles. The van der Waals surface area contributed by atoms with Gasteiger partial charge in [0.1, 0.15) is 0 Å². The summed E-state index contributed by atoms with van der Waals surface area (Å²) in [5, 5.41) is 0. The van der Waals surface area contributed by atoms with E-state index in [2.05, 4.69) is 18.7 Å². The van der Waals surface area contributed by atoms with E-state index in [0.29, 0.717) is 5.41 Å². The molecule has 3 heteroatoms. The number of hydrogen-bond donors (Lipinski definition) is 1. The van der Waals surface area contributed by atoms with Crippen molar-refractivity contribution in [2.75, 3.05) is 39.4 Å². The molecule has 2 rings (SSSR count). The number of hydrogen-bond acceptors (Lipinski definition) is 3. The fourth-order valence-corrected chi connectivity index (χ4v) is 3.71. The summed E-state index contributed by atoms with van der Waals surface area (Å²) in [6.07, 6.45) is 6.43. The molecule has 0 aliphatic carbocycles. The van der Waals surface area contributed by atoms with Crippen molar-refractivity contribution in [1.29, 1.82) is 0 Å². The monoisotopic (exact) mass is 268 g/mol. The van der Waals surface area contributed by atoms with E-state index in [1.165, 1.54) is 38.9 Å². The molecule has 0 bridgehead atoms. The lowest BCUT2D eigenvalue weighted by Crippen LogP contribution is -2.46. The van der Waals surface area contributed by atoms with Gasteiger partial charge in [-0.05, 0) is 69.0 Å². The second-order valence-corrected chi connectivity index (χ2v) is 7.03. The number of likely N-dealkylation sites (tertiary alicyclic amines) is 1. The quantitative estimate of drug-likeness (QED) is 0.851. The third-order valence-corrected chi connectivity index (χ3v) is 5.35. The second-order valence-electron chi connectivity index (χ2n) is 7.03. The Hall–Kier alpha value is -0.120. The fourth-order valence-electron chi connectivity index (χ4n) is 3.71. The number of nitrogens with zero attached hydrogens (tertiary/aromatic N) is 1. The maximum Gasteiger partial charge on any atom is 0.0472 e. The highest BCUT2D eigenvalue weighted by Crippen LogP contribution is 2.32. The van der Waals surface area contributed by atoms with Crippen molar-refractivity contribution < 1.29 is 4.74 Å². The molecule has 1 unspecified atom stereocenters. The summed E-state index contributed by atoms with van der Waals surface area (Å²) in [5.74, 6) is 1.76. The van der Waals surface area contributed by atoms with Gasteiger partial charge in [0.05, 0.1) is 0 Å². The highest BCUT2D eigenvalue weighted by Gasteiger charge is 2.33. The van der Waals surface area contributed by atoms with Crippen molar-refractivity contribution in [3.05, 3.63) is 0 Å². The average Bonchev–Trinajstić information content (AvgIpc) is 2.65. The second kappa shape index (κ2) is 7.05. The Labute approximate surface area is 118 Å². The maximum absolute atomic E-state index is 6.09. The molecule has 0 aromatic carbocycles. The average molecular weight is 268 g/mol. The highest BCUT2D eigenvalue weighted by molar-refractivity contribution is 4.87. The highest BCUT2D eigenvalue weighted by atomic mass is 16.5. The molecule has 2 heterocycles. The van der Waals surface area contributed by atoms with E-state index in [9.17, 15) is 0 Å². The Bertz CT molecular complexity index is 261. The van der Waals surface area contributed by atoms with E-state index >= 15 is 0 Å². The molecule has 0 aromatic rings. The summed E-state index contributed by atoms with van der Waals surface area (Å²) in [6.45, 7) is 11.1. The first-order valence-electron chi connectivity index (χ1n) is 8.15. The summed E-state index contributed by atoms with van der Waals surface area (Å²) in [4.78, 5) is 2.68. The molecule has 3 nitrogen and oxygen atoms in total. The van der Waals surface area contributed by atoms with Gasteiger partial charge in [-0.15, -0.1) is 0 Å². The Balaban J connectivity index is 1.87. The third kappa shape index (κ3) is 4.17. The zero-order chi connectivity index (χ0) is 13.7. The predicted octanol–water partition coefficient (Wildman–Crippen LogP) is 2.50. The van der Waals surface area contributed by atoms with Crippen LogP contribution >= 0.6 is 0 Å². The van der Waals surface area contributed by atoms with Gasteiger partial charge in [-0.2, -0.15) is 0 Å². The van der Waals surface area contributed by atoms with Gasteiger partial charge in [0.25, 0.3) is 0 Å². The first-order valence-corrected chi connectivity index (χ1v) is 8.15. The molecule has 2 fully saturated rings. The van der Waals surface area contributed by atoms with Crippen molar-refractivity contribution in [1.82, 2.24) is 4.90 Å². The molecule has 0 saturated carbocycles. The first-order chi connectivity index (χ1) is 9.15. The third-order valence-electron chi connectivity index (χ3n) is 5.35. The summed E-state index contributed by atoms with van der Waals surface area (Å²) < 4.78 is 5.51. The van der Waals surface area contributed by atoms with Crippen molar-refractivity contribution in [3.8, 4) is 0 Å². The van der Waals surface area contributed by atoms with Gasteiger partial charge < -0.3 is 15.4 Å². The van der Waals surface area contributed by atoms with Crippen molar-refractivity contribution >= 4 is 0 Å². The minimum absolute atomic E-state index is 0.329. The largest absolute Gasteiger partial charge is 0.381 e. The molecular formula is C16H32N2O. The molecule has 19 heavy (non-hydrogen) atoms. The summed E-state index contributed by atoms with van der Waals surface area (Å²) in [6, 6.07) is 0. The van der Waals surface area contributed by atoms with Crippen LogP contribution in [0.5, 0.6) is 0 Å². The lowest BCUT2D eigenvalue weighted by molar-refractivity contribution is 0.000170. The van der Waals surface area contributed by atoms with E-state index in [0.717, 1.165) is 44.4 Å². The smallest absolute Gasteiger partial charge is 0.0472 e. The van der Waals surface area contributed by atoms with Gasteiger partial charge >= 0.3 is 0 Å². The minimum Gasteiger partial charge on any atom is -0.381 e. The molecule has 0 aromatic heterocycles. The van der Waals surface area contributed by atoms with Crippen LogP contribution in [0.25, 0.3) is 0 Å². The van der Waals surface area contributed by atoms with Crippen molar-refractivity contribution in [2.45, 2.75) is 46.0 Å². The first kappa shape index (κ1) is 15.3. The lowest BCUT2D eigenvalue weighted by atomic mass is 9.79. The van der Waals surface area contributed by atoms with Crippen LogP contribution in [0.15, 0.2) is 0 Å². The van der Waals surface area contributed by atoms with Crippen molar-refractivity contribution in [2.24, 2.45) is 23.0 Å². The zero-order valence-electron chi connectivity index (χ0n) is 12.9. The van der Waals surface area contributed by atoms with E-state index in [-0.39, 0.29) is 0 Å². The van der Waals surface area contributed by atoms with Gasteiger partial charge in [0.15, 0.2) is 0 Å². The Kier molecular flexibility index (Phi) is 5.67. The standard InChI is InChI=1S/C16H32N2O/c1-14(2)15-4-3-8-18(9-5-15)13-16(12-17)6-10-19-11-7-16/h14-15H,3-13,17H2,1-2H3. The van der Waals surface area contributed by atoms with Gasteiger partial charge in [0, 0.05) is 19.8 Å². The molecule has 2 aliphatic heterocycles. The number of ether oxygens (including phenoxy) is 1. The van der Waals surface area contributed by atoms with Crippen molar-refractivity contribution in [3.63, 3.8) is 0 Å². The van der Waals surface area contributed by atoms with Crippen LogP contribution in [-0.2, 0) is 4.74 Å². The lowest BCUT2D eigenvalue weighted by Gasteiger charge is -2.40. The molecule has 112 valence electrons. The Morgan fingerprint density at radius 3 is 2.58 bits per heavy atom. The molecule has 0 radical (unpaired) electrons. The normalized spacial score (nSPS) is 29.4. The van der Waals surface area contributed by atoms with Crippen LogP contribution in [-0.4, -0.2) is 44.3 Å². The van der Waals surface area contributed by atoms with E-state index in [4.69, 9.17) is 10.5 Å². The zero-order valence-corrected chi connectivity index (χ0v) is 12.9. The minimum atomic E-state index is 0.329. The van der Waals surface area contributed by atoms with Crippen LogP contribution in [0.1, 0.15) is 46.0 Å². The summed E-state index contributed by atoms with van der Waals surface area (Å²) in [7, 11) is 0. The SMILES string of the molecule is CC(C)C1CCCN(CC2(CN)CCOCC2)CC1.